The van der Waals surface area contributed by atoms with Crippen molar-refractivity contribution in [3.05, 3.63) is 65.5 Å². The van der Waals surface area contributed by atoms with E-state index in [4.69, 9.17) is 16.3 Å². The van der Waals surface area contributed by atoms with Crippen molar-refractivity contribution in [2.24, 2.45) is 0 Å². The Hall–Kier alpha value is -2.92. The summed E-state index contributed by atoms with van der Waals surface area (Å²) in [7, 11) is 1.53. The lowest BCUT2D eigenvalue weighted by Crippen LogP contribution is -2.07. The van der Waals surface area contributed by atoms with Crippen LogP contribution in [0.15, 0.2) is 54.7 Å². The SMILES string of the molecule is COc1ccc(NC(=O)/C=C/c2cnc3ccccc3n2)cc1Cl. The van der Waals surface area contributed by atoms with E-state index >= 15 is 0 Å². The molecule has 5 nitrogen and oxygen atoms in total. The highest BCUT2D eigenvalue weighted by Gasteiger charge is 2.04. The minimum Gasteiger partial charge on any atom is -0.495 e. The summed E-state index contributed by atoms with van der Waals surface area (Å²) < 4.78 is 5.07. The van der Waals surface area contributed by atoms with Crippen molar-refractivity contribution in [1.82, 2.24) is 9.97 Å². The minimum absolute atomic E-state index is 0.286. The van der Waals surface area contributed by atoms with Gasteiger partial charge in [-0.2, -0.15) is 0 Å². The van der Waals surface area contributed by atoms with Crippen LogP contribution in [0.25, 0.3) is 17.1 Å². The van der Waals surface area contributed by atoms with E-state index in [9.17, 15) is 4.79 Å². The summed E-state index contributed by atoms with van der Waals surface area (Å²) in [6.07, 6.45) is 4.63. The lowest BCUT2D eigenvalue weighted by atomic mass is 10.2. The molecule has 0 bridgehead atoms. The fourth-order valence-corrected chi connectivity index (χ4v) is 2.40. The Morgan fingerprint density at radius 1 is 1.21 bits per heavy atom. The van der Waals surface area contributed by atoms with Crippen molar-refractivity contribution in [3.63, 3.8) is 0 Å². The second-order valence-corrected chi connectivity index (χ2v) is 5.36. The molecule has 120 valence electrons. The Bertz CT molecular complexity index is 925. The first-order chi connectivity index (χ1) is 11.7. The molecule has 0 unspecified atom stereocenters. The maximum Gasteiger partial charge on any atom is 0.248 e. The van der Waals surface area contributed by atoms with E-state index in [2.05, 4.69) is 15.3 Å². The smallest absolute Gasteiger partial charge is 0.248 e. The average molecular weight is 340 g/mol. The largest absolute Gasteiger partial charge is 0.495 e. The minimum atomic E-state index is -0.286. The van der Waals surface area contributed by atoms with Crippen LogP contribution >= 0.6 is 11.6 Å². The predicted octanol–water partition coefficient (Wildman–Crippen LogP) is 3.94. The van der Waals surface area contributed by atoms with Gasteiger partial charge >= 0.3 is 0 Å². The molecule has 3 rings (SSSR count). The Balaban J connectivity index is 1.71. The number of fused-ring (bicyclic) bond motifs is 1. The monoisotopic (exact) mass is 339 g/mol. The molecule has 0 aliphatic rings. The standard InChI is InChI=1S/C18H14ClN3O2/c1-24-17-8-6-12(10-14(17)19)22-18(23)9-7-13-11-20-15-4-2-3-5-16(15)21-13/h2-11H,1H3,(H,22,23)/b9-7+. The van der Waals surface area contributed by atoms with E-state index in [1.54, 1.807) is 30.5 Å². The summed E-state index contributed by atoms with van der Waals surface area (Å²) in [5, 5.41) is 3.16. The Morgan fingerprint density at radius 2 is 2.00 bits per heavy atom. The number of methoxy groups -OCH3 is 1. The van der Waals surface area contributed by atoms with E-state index in [1.165, 1.54) is 13.2 Å². The number of carbonyl (C=O) groups excluding carboxylic acids is 1. The number of hydrogen-bond donors (Lipinski definition) is 1. The van der Waals surface area contributed by atoms with Gasteiger partial charge in [-0.3, -0.25) is 9.78 Å². The lowest BCUT2D eigenvalue weighted by molar-refractivity contribution is -0.111. The number of aromatic nitrogens is 2. The number of amides is 1. The number of hydrogen-bond acceptors (Lipinski definition) is 4. The summed E-state index contributed by atoms with van der Waals surface area (Å²) in [6.45, 7) is 0. The van der Waals surface area contributed by atoms with Crippen LogP contribution in [-0.4, -0.2) is 23.0 Å². The van der Waals surface area contributed by atoms with Crippen molar-refractivity contribution >= 4 is 40.3 Å². The molecule has 1 heterocycles. The third-order valence-corrected chi connectivity index (χ3v) is 3.59. The molecule has 24 heavy (non-hydrogen) atoms. The third kappa shape index (κ3) is 3.70. The topological polar surface area (TPSA) is 64.1 Å². The number of halogens is 1. The number of ether oxygens (including phenoxy) is 1. The van der Waals surface area contributed by atoms with E-state index < -0.39 is 0 Å². The number of para-hydroxylation sites is 2. The lowest BCUT2D eigenvalue weighted by Gasteiger charge is -2.06. The highest BCUT2D eigenvalue weighted by atomic mass is 35.5. The van der Waals surface area contributed by atoms with Gasteiger partial charge in [0.25, 0.3) is 0 Å². The predicted molar refractivity (Wildman–Crippen MR) is 95.2 cm³/mol. The zero-order chi connectivity index (χ0) is 16.9. The van der Waals surface area contributed by atoms with Crippen molar-refractivity contribution in [2.75, 3.05) is 12.4 Å². The van der Waals surface area contributed by atoms with Gasteiger partial charge in [0.2, 0.25) is 5.91 Å². The van der Waals surface area contributed by atoms with Crippen LogP contribution in [0.5, 0.6) is 5.75 Å². The van der Waals surface area contributed by atoms with Crippen LogP contribution < -0.4 is 10.1 Å². The number of nitrogens with one attached hydrogen (secondary N) is 1. The molecule has 0 spiro atoms. The first-order valence-corrected chi connectivity index (χ1v) is 7.58. The summed E-state index contributed by atoms with van der Waals surface area (Å²) in [6, 6.07) is 12.6. The van der Waals surface area contributed by atoms with Gasteiger partial charge in [0.05, 0.1) is 35.1 Å². The molecule has 1 N–H and O–H groups in total. The molecule has 0 atom stereocenters. The maximum absolute atomic E-state index is 12.0. The first kappa shape index (κ1) is 16.0. The number of anilines is 1. The molecular weight excluding hydrogens is 326 g/mol. The first-order valence-electron chi connectivity index (χ1n) is 7.20. The van der Waals surface area contributed by atoms with Crippen molar-refractivity contribution in [2.45, 2.75) is 0 Å². The van der Waals surface area contributed by atoms with Gasteiger partial charge in [0.15, 0.2) is 0 Å². The Morgan fingerprint density at radius 3 is 2.75 bits per heavy atom. The number of rotatable bonds is 4. The summed E-state index contributed by atoms with van der Waals surface area (Å²) in [4.78, 5) is 20.7. The zero-order valence-electron chi connectivity index (χ0n) is 12.9. The van der Waals surface area contributed by atoms with Crippen molar-refractivity contribution < 1.29 is 9.53 Å². The number of nitrogens with zero attached hydrogens (tertiary/aromatic N) is 2. The molecular formula is C18H14ClN3O2. The molecule has 1 amide bonds. The van der Waals surface area contributed by atoms with Gasteiger partial charge in [0, 0.05) is 11.8 Å². The van der Waals surface area contributed by atoms with Gasteiger partial charge in [-0.25, -0.2) is 4.98 Å². The van der Waals surface area contributed by atoms with Gasteiger partial charge in [-0.15, -0.1) is 0 Å². The summed E-state index contributed by atoms with van der Waals surface area (Å²) in [5.41, 5.74) is 2.78. The van der Waals surface area contributed by atoms with E-state index in [-0.39, 0.29) is 5.91 Å². The molecule has 0 saturated carbocycles. The fourth-order valence-electron chi connectivity index (χ4n) is 2.14. The Labute approximate surface area is 144 Å². The second kappa shape index (κ2) is 7.10. The molecule has 0 saturated heterocycles. The fraction of sp³-hybridized carbons (Fsp3) is 0.0556. The molecule has 0 aliphatic carbocycles. The van der Waals surface area contributed by atoms with Gasteiger partial charge in [-0.05, 0) is 36.4 Å². The van der Waals surface area contributed by atoms with E-state index in [1.807, 2.05) is 24.3 Å². The normalized spacial score (nSPS) is 10.9. The van der Waals surface area contributed by atoms with Crippen molar-refractivity contribution in [1.29, 1.82) is 0 Å². The highest BCUT2D eigenvalue weighted by molar-refractivity contribution is 6.32. The molecule has 1 aromatic heterocycles. The third-order valence-electron chi connectivity index (χ3n) is 3.29. The molecule has 0 aliphatic heterocycles. The number of benzene rings is 2. The summed E-state index contributed by atoms with van der Waals surface area (Å²) in [5.74, 6) is 0.267. The van der Waals surface area contributed by atoms with Crippen LogP contribution in [0.2, 0.25) is 5.02 Å². The quantitative estimate of drug-likeness (QED) is 0.731. The van der Waals surface area contributed by atoms with Gasteiger partial charge < -0.3 is 10.1 Å². The molecule has 0 fully saturated rings. The molecule has 2 aromatic carbocycles. The van der Waals surface area contributed by atoms with E-state index in [0.717, 1.165) is 11.0 Å². The highest BCUT2D eigenvalue weighted by Crippen LogP contribution is 2.27. The molecule has 3 aromatic rings. The van der Waals surface area contributed by atoms with Crippen LogP contribution in [0, 0.1) is 0 Å². The second-order valence-electron chi connectivity index (χ2n) is 4.96. The van der Waals surface area contributed by atoms with Gasteiger partial charge in [0.1, 0.15) is 5.75 Å². The van der Waals surface area contributed by atoms with Crippen LogP contribution in [0.1, 0.15) is 5.69 Å². The maximum atomic E-state index is 12.0. The van der Waals surface area contributed by atoms with Crippen LogP contribution in [0.3, 0.4) is 0 Å². The van der Waals surface area contributed by atoms with Crippen molar-refractivity contribution in [3.8, 4) is 5.75 Å². The summed E-state index contributed by atoms with van der Waals surface area (Å²) >= 11 is 6.03. The number of carbonyl (C=O) groups is 1. The van der Waals surface area contributed by atoms with Crippen LogP contribution in [0.4, 0.5) is 5.69 Å². The Kier molecular flexibility index (Phi) is 4.72. The molecule has 0 radical (unpaired) electrons. The average Bonchev–Trinajstić information content (AvgIpc) is 2.60. The molecule has 6 heteroatoms. The van der Waals surface area contributed by atoms with Crippen LogP contribution in [-0.2, 0) is 4.79 Å². The van der Waals surface area contributed by atoms with Gasteiger partial charge in [-0.1, -0.05) is 23.7 Å². The zero-order valence-corrected chi connectivity index (χ0v) is 13.6. The van der Waals surface area contributed by atoms with E-state index in [0.29, 0.717) is 22.2 Å².